The van der Waals surface area contributed by atoms with E-state index in [1.165, 1.54) is 5.01 Å². The number of benzene rings is 2. The number of carbonyl (C=O) groups is 2. The van der Waals surface area contributed by atoms with Crippen LogP contribution in [-0.4, -0.2) is 38.1 Å². The Morgan fingerprint density at radius 2 is 1.79 bits per heavy atom. The lowest BCUT2D eigenvalue weighted by Crippen LogP contribution is -2.39. The molecule has 0 radical (unpaired) electrons. The average Bonchev–Trinajstić information content (AvgIpc) is 3.49. The number of hydrogen-bond acceptors (Lipinski definition) is 6. The van der Waals surface area contributed by atoms with E-state index in [4.69, 9.17) is 5.73 Å². The lowest BCUT2D eigenvalue weighted by Gasteiger charge is -2.20. The van der Waals surface area contributed by atoms with Crippen LogP contribution in [0.3, 0.4) is 0 Å². The third kappa shape index (κ3) is 4.03. The minimum absolute atomic E-state index is 0.154. The third-order valence-corrected chi connectivity index (χ3v) is 5.48. The topological polar surface area (TPSA) is 118 Å². The monoisotopic (exact) mass is 439 g/mol. The van der Waals surface area contributed by atoms with Gasteiger partial charge in [0.05, 0.1) is 16.7 Å². The first-order valence-corrected chi connectivity index (χ1v) is 10.5. The Labute approximate surface area is 189 Å². The number of carbonyl (C=O) groups excluding carboxylic acids is 2. The molecule has 3 N–H and O–H groups in total. The highest BCUT2D eigenvalue weighted by Crippen LogP contribution is 2.24. The Bertz CT molecular complexity index is 1350. The van der Waals surface area contributed by atoms with Crippen molar-refractivity contribution in [3.05, 3.63) is 84.8 Å². The van der Waals surface area contributed by atoms with Crippen molar-refractivity contribution in [3.63, 3.8) is 0 Å². The summed E-state index contributed by atoms with van der Waals surface area (Å²) >= 11 is 0. The number of rotatable bonds is 6. The molecule has 1 unspecified atom stereocenters. The van der Waals surface area contributed by atoms with Crippen LogP contribution < -0.4 is 16.1 Å². The molecule has 0 saturated carbocycles. The minimum Gasteiger partial charge on any atom is -0.368 e. The number of nitrogens with two attached hydrogens (primary N) is 1. The fourth-order valence-electron chi connectivity index (χ4n) is 3.78. The molecule has 9 heteroatoms. The van der Waals surface area contributed by atoms with Crippen molar-refractivity contribution in [2.75, 3.05) is 5.01 Å². The zero-order valence-corrected chi connectivity index (χ0v) is 17.6. The van der Waals surface area contributed by atoms with Gasteiger partial charge in [-0.2, -0.15) is 5.10 Å². The number of para-hydroxylation sites is 3. The Kier molecular flexibility index (Phi) is 5.27. The number of pyridine rings is 1. The third-order valence-electron chi connectivity index (χ3n) is 5.48. The van der Waals surface area contributed by atoms with E-state index in [1.54, 1.807) is 12.5 Å². The maximum atomic E-state index is 12.7. The van der Waals surface area contributed by atoms with Crippen LogP contribution in [0, 0.1) is 0 Å². The Morgan fingerprint density at radius 1 is 1.00 bits per heavy atom. The van der Waals surface area contributed by atoms with Gasteiger partial charge in [-0.1, -0.05) is 36.4 Å². The van der Waals surface area contributed by atoms with Crippen LogP contribution in [0.25, 0.3) is 16.9 Å². The molecule has 0 aliphatic carbocycles. The number of nitrogens with zero attached hydrogens (tertiary/aromatic N) is 5. The van der Waals surface area contributed by atoms with Gasteiger partial charge in [0.2, 0.25) is 5.91 Å². The summed E-state index contributed by atoms with van der Waals surface area (Å²) in [6, 6.07) is 20.1. The van der Waals surface area contributed by atoms with E-state index in [0.29, 0.717) is 5.69 Å². The molecule has 2 aromatic heterocycles. The second-order valence-electron chi connectivity index (χ2n) is 7.66. The van der Waals surface area contributed by atoms with Crippen molar-refractivity contribution in [1.82, 2.24) is 19.9 Å². The molecule has 33 heavy (non-hydrogen) atoms. The smallest absolute Gasteiger partial charge is 0.267 e. The number of amides is 2. The van der Waals surface area contributed by atoms with Crippen molar-refractivity contribution in [1.29, 1.82) is 0 Å². The summed E-state index contributed by atoms with van der Waals surface area (Å²) in [5.74, 6) is -0.136. The van der Waals surface area contributed by atoms with Gasteiger partial charge in [-0.05, 0) is 35.9 Å². The minimum atomic E-state index is -0.695. The number of imidazole rings is 1. The Hall–Kier alpha value is -4.53. The molecule has 5 rings (SSSR count). The Balaban J connectivity index is 1.27. The molecule has 2 amide bonds. The number of hydrazone groups is 1. The molecule has 0 spiro atoms. The van der Waals surface area contributed by atoms with E-state index in [0.717, 1.165) is 22.4 Å². The molecule has 9 nitrogen and oxygen atoms in total. The van der Waals surface area contributed by atoms with Gasteiger partial charge in [-0.25, -0.2) is 9.97 Å². The maximum Gasteiger partial charge on any atom is 0.267 e. The van der Waals surface area contributed by atoms with Crippen LogP contribution in [0.1, 0.15) is 12.0 Å². The molecule has 2 aromatic carbocycles. The number of nitrogens with one attached hydrogen (secondary N) is 1. The number of fused-ring (bicyclic) bond motifs is 1. The molecular weight excluding hydrogens is 418 g/mol. The van der Waals surface area contributed by atoms with Crippen molar-refractivity contribution in [2.45, 2.75) is 19.0 Å². The van der Waals surface area contributed by atoms with Gasteiger partial charge in [-0.3, -0.25) is 19.2 Å². The maximum absolute atomic E-state index is 12.7. The molecule has 0 fully saturated rings. The lowest BCUT2D eigenvalue weighted by atomic mass is 10.1. The predicted molar refractivity (Wildman–Crippen MR) is 125 cm³/mol. The summed E-state index contributed by atoms with van der Waals surface area (Å²) in [5.41, 5.74) is 9.21. The van der Waals surface area contributed by atoms with E-state index in [1.807, 2.05) is 71.3 Å². The summed E-state index contributed by atoms with van der Waals surface area (Å²) < 4.78 is 1.91. The van der Waals surface area contributed by atoms with Crippen LogP contribution in [0.15, 0.2) is 84.4 Å². The van der Waals surface area contributed by atoms with Gasteiger partial charge < -0.3 is 11.1 Å². The van der Waals surface area contributed by atoms with Gasteiger partial charge in [0, 0.05) is 19.2 Å². The summed E-state index contributed by atoms with van der Waals surface area (Å²) in [6.07, 6.45) is 3.60. The van der Waals surface area contributed by atoms with E-state index in [9.17, 15) is 9.59 Å². The second-order valence-corrected chi connectivity index (χ2v) is 7.66. The molecule has 1 aliphatic rings. The molecule has 3 heterocycles. The zero-order valence-electron chi connectivity index (χ0n) is 17.6. The summed E-state index contributed by atoms with van der Waals surface area (Å²) in [4.78, 5) is 33.5. The van der Waals surface area contributed by atoms with Crippen molar-refractivity contribution in [3.8, 4) is 5.82 Å². The quantitative estimate of drug-likeness (QED) is 0.477. The standard InChI is InChI=1S/C24H21N7O2/c25-23(32)21-12-19(29-31(21)17-6-2-1-3-7-17)24(33)27-14-16-10-11-22(26-13-16)30-15-28-18-8-4-5-9-20(18)30/h1-11,13,15,21H,12,14H2,(H2,25,32)(H,27,33). The highest BCUT2D eigenvalue weighted by atomic mass is 16.2. The largest absolute Gasteiger partial charge is 0.368 e. The van der Waals surface area contributed by atoms with Gasteiger partial charge in [-0.15, -0.1) is 0 Å². The van der Waals surface area contributed by atoms with Gasteiger partial charge >= 0.3 is 0 Å². The second kappa shape index (κ2) is 8.54. The predicted octanol–water partition coefficient (Wildman–Crippen LogP) is 2.16. The zero-order chi connectivity index (χ0) is 22.8. The highest BCUT2D eigenvalue weighted by Gasteiger charge is 2.34. The van der Waals surface area contributed by atoms with Crippen molar-refractivity contribution >= 4 is 34.2 Å². The Morgan fingerprint density at radius 3 is 2.55 bits per heavy atom. The number of primary amides is 1. The fraction of sp³-hybridized carbons (Fsp3) is 0.125. The average molecular weight is 439 g/mol. The molecule has 164 valence electrons. The first-order valence-electron chi connectivity index (χ1n) is 10.5. The van der Waals surface area contributed by atoms with E-state index >= 15 is 0 Å². The highest BCUT2D eigenvalue weighted by molar-refractivity contribution is 6.40. The normalized spacial score (nSPS) is 15.5. The van der Waals surface area contributed by atoms with Crippen LogP contribution in [-0.2, 0) is 16.1 Å². The number of anilines is 1. The van der Waals surface area contributed by atoms with Gasteiger partial charge in [0.1, 0.15) is 23.9 Å². The first kappa shape index (κ1) is 20.4. The number of hydrogen-bond donors (Lipinski definition) is 2. The summed E-state index contributed by atoms with van der Waals surface area (Å²) in [5, 5.41) is 8.71. The lowest BCUT2D eigenvalue weighted by molar-refractivity contribution is -0.119. The summed E-state index contributed by atoms with van der Waals surface area (Å²) in [6.45, 7) is 0.280. The van der Waals surface area contributed by atoms with E-state index in [2.05, 4.69) is 20.4 Å². The molecule has 0 bridgehead atoms. The molecular formula is C24H21N7O2. The van der Waals surface area contributed by atoms with Crippen LogP contribution in [0.4, 0.5) is 5.69 Å². The van der Waals surface area contributed by atoms with Crippen molar-refractivity contribution in [2.24, 2.45) is 10.8 Å². The number of aromatic nitrogens is 3. The van der Waals surface area contributed by atoms with Crippen LogP contribution >= 0.6 is 0 Å². The SMILES string of the molecule is NC(=O)C1CC(C(=O)NCc2ccc(-n3cnc4ccccc43)nc2)=NN1c1ccccc1. The fourth-order valence-corrected chi connectivity index (χ4v) is 3.78. The molecule has 4 aromatic rings. The van der Waals surface area contributed by atoms with E-state index < -0.39 is 11.9 Å². The van der Waals surface area contributed by atoms with Gasteiger partial charge in [0.25, 0.3) is 5.91 Å². The summed E-state index contributed by atoms with van der Waals surface area (Å²) in [7, 11) is 0. The molecule has 1 atom stereocenters. The molecule has 1 aliphatic heterocycles. The molecule has 0 saturated heterocycles. The van der Waals surface area contributed by atoms with Crippen molar-refractivity contribution < 1.29 is 9.59 Å². The first-order chi connectivity index (χ1) is 16.1. The van der Waals surface area contributed by atoms with E-state index in [-0.39, 0.29) is 24.6 Å². The van der Waals surface area contributed by atoms with Crippen LogP contribution in [0.2, 0.25) is 0 Å². The van der Waals surface area contributed by atoms with Gasteiger partial charge in [0.15, 0.2) is 0 Å². The van der Waals surface area contributed by atoms with Crippen LogP contribution in [0.5, 0.6) is 0 Å².